The Kier molecular flexibility index (Phi) is 7.95. The van der Waals surface area contributed by atoms with E-state index in [-0.39, 0.29) is 23.8 Å². The first-order valence-corrected chi connectivity index (χ1v) is 17.1. The second kappa shape index (κ2) is 12.6. The van der Waals surface area contributed by atoms with Crippen molar-refractivity contribution >= 4 is 28.4 Å². The summed E-state index contributed by atoms with van der Waals surface area (Å²) >= 11 is 0. The van der Waals surface area contributed by atoms with Crippen LogP contribution in [0.5, 0.6) is 17.2 Å². The summed E-state index contributed by atoms with van der Waals surface area (Å²) in [6.07, 6.45) is 7.02. The minimum absolute atomic E-state index is 0.0755. The third-order valence-corrected chi connectivity index (χ3v) is 10.4. The third-order valence-electron chi connectivity index (χ3n) is 10.4. The van der Waals surface area contributed by atoms with Crippen LogP contribution in [0.15, 0.2) is 109 Å². The zero-order valence-corrected chi connectivity index (χ0v) is 29.0. The van der Waals surface area contributed by atoms with E-state index in [0.29, 0.717) is 40.1 Å². The summed E-state index contributed by atoms with van der Waals surface area (Å²) in [4.78, 5) is 70.9. The molecule has 0 unspecified atom stereocenters. The molecule has 268 valence electrons. The molecule has 1 atom stereocenters. The quantitative estimate of drug-likeness (QED) is 0.179. The van der Waals surface area contributed by atoms with Crippen LogP contribution in [0.4, 0.5) is 0 Å². The number of H-pyrrole nitrogens is 1. The van der Waals surface area contributed by atoms with Crippen molar-refractivity contribution in [2.24, 2.45) is 0 Å². The largest absolute Gasteiger partial charge is 0.510 e. The van der Waals surface area contributed by atoms with Gasteiger partial charge >= 0.3 is 0 Å². The maximum atomic E-state index is 14.0. The fraction of sp³-hybridized carbons (Fsp3) is 0.140. The fourth-order valence-corrected chi connectivity index (χ4v) is 8.02. The molecule has 0 radical (unpaired) electrons. The van der Waals surface area contributed by atoms with E-state index in [2.05, 4.69) is 4.98 Å². The van der Waals surface area contributed by atoms with E-state index in [1.165, 1.54) is 0 Å². The Labute approximate surface area is 304 Å². The number of aliphatic hydroxyl groups is 2. The van der Waals surface area contributed by atoms with Crippen molar-refractivity contribution in [2.45, 2.75) is 31.8 Å². The molecule has 1 heterocycles. The lowest BCUT2D eigenvalue weighted by atomic mass is 9.77. The number of hydrogen-bond donors (Lipinski definition) is 4. The lowest BCUT2D eigenvalue weighted by molar-refractivity contribution is 0.306. The number of phenols is 1. The average molecular weight is 722 g/mol. The molecule has 4 N–H and O–H groups in total. The van der Waals surface area contributed by atoms with Gasteiger partial charge in [0, 0.05) is 22.7 Å². The molecule has 0 amide bonds. The van der Waals surface area contributed by atoms with Crippen molar-refractivity contribution < 1.29 is 24.8 Å². The first-order valence-electron chi connectivity index (χ1n) is 17.1. The number of aromatic hydroxyl groups is 1. The van der Waals surface area contributed by atoms with Crippen molar-refractivity contribution in [1.82, 2.24) is 4.98 Å². The summed E-state index contributed by atoms with van der Waals surface area (Å²) in [5, 5.41) is 33.6. The van der Waals surface area contributed by atoms with E-state index in [9.17, 15) is 39.3 Å². The van der Waals surface area contributed by atoms with E-state index >= 15 is 0 Å². The molecule has 4 aliphatic carbocycles. The number of nitrogens with one attached hydrogen (secondary N) is 1. The van der Waals surface area contributed by atoms with Crippen LogP contribution in [0.3, 0.4) is 0 Å². The Bertz CT molecular complexity index is 3120. The number of ether oxygens (including phenoxy) is 2. The van der Waals surface area contributed by atoms with Crippen LogP contribution in [0.25, 0.3) is 39.5 Å². The Balaban J connectivity index is 1.43. The summed E-state index contributed by atoms with van der Waals surface area (Å²) in [6, 6.07) is 19.3. The molecule has 4 aromatic rings. The molecule has 0 saturated heterocycles. The number of benzene rings is 3. The Morgan fingerprint density at radius 1 is 0.815 bits per heavy atom. The van der Waals surface area contributed by atoms with Crippen LogP contribution in [0.2, 0.25) is 0 Å². The van der Waals surface area contributed by atoms with Crippen molar-refractivity contribution in [3.05, 3.63) is 179 Å². The van der Waals surface area contributed by atoms with Gasteiger partial charge in [-0.25, -0.2) is 0 Å². The number of hydrogen-bond acceptors (Lipinski definition) is 10. The van der Waals surface area contributed by atoms with Gasteiger partial charge in [-0.15, -0.1) is 0 Å². The van der Waals surface area contributed by atoms with Crippen LogP contribution in [0.1, 0.15) is 35.7 Å². The number of pyridine rings is 1. The van der Waals surface area contributed by atoms with Gasteiger partial charge in [-0.2, -0.15) is 0 Å². The van der Waals surface area contributed by atoms with Crippen molar-refractivity contribution in [3.8, 4) is 28.4 Å². The highest BCUT2D eigenvalue weighted by atomic mass is 16.5. The van der Waals surface area contributed by atoms with Crippen LogP contribution < -0.4 is 47.2 Å². The summed E-state index contributed by atoms with van der Waals surface area (Å²) < 4.78 is 11.0. The normalized spacial score (nSPS) is 16.3. The lowest BCUT2D eigenvalue weighted by Gasteiger charge is -2.28. The lowest BCUT2D eigenvalue weighted by Crippen LogP contribution is -2.51. The molecule has 0 fully saturated rings. The van der Waals surface area contributed by atoms with Gasteiger partial charge in [-0.1, -0.05) is 60.7 Å². The van der Waals surface area contributed by atoms with Gasteiger partial charge in [-0.3, -0.25) is 24.0 Å². The molecule has 0 saturated carbocycles. The summed E-state index contributed by atoms with van der Waals surface area (Å²) in [5.74, 6) is -2.01. The maximum absolute atomic E-state index is 14.0. The second-order valence-corrected chi connectivity index (χ2v) is 13.3. The molecular weight excluding hydrogens is 690 g/mol. The molecule has 3 aromatic carbocycles. The molecule has 1 aromatic heterocycles. The number of methoxy groups -OCH3 is 1. The summed E-state index contributed by atoms with van der Waals surface area (Å²) in [5.41, 5.74) is -4.08. The molecule has 54 heavy (non-hydrogen) atoms. The first-order chi connectivity index (χ1) is 26.0. The van der Waals surface area contributed by atoms with Crippen molar-refractivity contribution in [3.63, 3.8) is 0 Å². The molecule has 0 bridgehead atoms. The number of rotatable bonds is 7. The molecule has 1 spiro atoms. The summed E-state index contributed by atoms with van der Waals surface area (Å²) in [6.45, 7) is 2.18. The first kappa shape index (κ1) is 34.1. The van der Waals surface area contributed by atoms with Gasteiger partial charge in [0.05, 0.1) is 33.4 Å². The molecule has 0 aliphatic heterocycles. The molecule has 8 rings (SSSR count). The Hall–Kier alpha value is -7.01. The van der Waals surface area contributed by atoms with E-state index < -0.39 is 76.6 Å². The summed E-state index contributed by atoms with van der Waals surface area (Å²) in [7, 11) is 1.13. The van der Waals surface area contributed by atoms with Crippen molar-refractivity contribution in [2.75, 3.05) is 7.11 Å². The van der Waals surface area contributed by atoms with E-state index in [1.807, 2.05) is 43.3 Å². The zero-order chi connectivity index (χ0) is 38.1. The number of fused-ring (bicyclic) bond motifs is 4. The molecular formula is C43H31NO10. The van der Waals surface area contributed by atoms with Crippen LogP contribution in [0, 0.1) is 10.4 Å². The number of allylic oxidation sites excluding steroid dienone is 3. The van der Waals surface area contributed by atoms with Crippen molar-refractivity contribution in [1.29, 1.82) is 0 Å². The molecule has 11 nitrogen and oxygen atoms in total. The van der Waals surface area contributed by atoms with Gasteiger partial charge in [0.25, 0.3) is 5.56 Å². The monoisotopic (exact) mass is 721 g/mol. The average Bonchev–Trinajstić information content (AvgIpc) is 3.67. The second-order valence-electron chi connectivity index (χ2n) is 13.3. The predicted octanol–water partition coefficient (Wildman–Crippen LogP) is 3.35. The van der Waals surface area contributed by atoms with Crippen LogP contribution >= 0.6 is 0 Å². The highest BCUT2D eigenvalue weighted by molar-refractivity contribution is 6.05. The molecule has 4 aliphatic rings. The smallest absolute Gasteiger partial charge is 0.260 e. The van der Waals surface area contributed by atoms with Crippen LogP contribution in [-0.4, -0.2) is 27.4 Å². The standard InChI is InChI=1S/C43H31NO10/c1-3-4-6-11-23-18-26-29(22-12-14-24(15-13-22)54-20-21-9-7-5-8-10-21)25-16-17-43(35(25)39(49)30(26)42(52)44-23)40(50)33-34(41(43)51)38(48)32-31(37(33)47)27(45)19-28(53-2)36(32)46/h3-15,18-19,49-51H,16-17,20H2,1-2H3,(H,44,52)/b4-3+,11-6+/t43-/m0/s1. The van der Waals surface area contributed by atoms with E-state index in [1.54, 1.807) is 48.6 Å². The third kappa shape index (κ3) is 4.78. The fourth-order valence-electron chi connectivity index (χ4n) is 8.02. The van der Waals surface area contributed by atoms with E-state index in [4.69, 9.17) is 9.47 Å². The topological polar surface area (TPSA) is 180 Å². The number of aliphatic hydroxyl groups excluding tert-OH is 2. The minimum atomic E-state index is -2.06. The number of aromatic amines is 1. The highest BCUT2D eigenvalue weighted by Crippen LogP contribution is 2.57. The number of aromatic nitrogens is 1. The minimum Gasteiger partial charge on any atom is -0.510 e. The van der Waals surface area contributed by atoms with Gasteiger partial charge < -0.3 is 29.8 Å². The van der Waals surface area contributed by atoms with Gasteiger partial charge in [-0.05, 0) is 66.3 Å². The Morgan fingerprint density at radius 3 is 2.17 bits per heavy atom. The van der Waals surface area contributed by atoms with Crippen LogP contribution in [-0.2, 0) is 18.4 Å². The zero-order valence-electron chi connectivity index (χ0n) is 29.0. The maximum Gasteiger partial charge on any atom is 0.260 e. The molecule has 11 heteroatoms. The Morgan fingerprint density at radius 2 is 1.50 bits per heavy atom. The van der Waals surface area contributed by atoms with Gasteiger partial charge in [0.1, 0.15) is 35.0 Å². The predicted molar refractivity (Wildman–Crippen MR) is 203 cm³/mol. The highest BCUT2D eigenvalue weighted by Gasteiger charge is 2.54. The number of phenolic OH excluding ortho intramolecular Hbond substituents is 1. The SMILES string of the molecule is C/C=C/C=C/c1cc2c(-c3ccc(OCc4ccccc4)cc3)c3c(c(O)c2c(=O)[nH]1)[C@@]1(CC3)C(O)=c2c(=O)c3c(=O)cc(OC)c(=O)c=3c(=O)c2=C1O. The van der Waals surface area contributed by atoms with E-state index in [0.717, 1.165) is 18.7 Å². The van der Waals surface area contributed by atoms with Gasteiger partial charge in [0.15, 0.2) is 11.2 Å². The van der Waals surface area contributed by atoms with Gasteiger partial charge in [0.2, 0.25) is 16.3 Å².